The maximum Gasteiger partial charge on any atom is -0.0351 e. The van der Waals surface area contributed by atoms with E-state index in [1.807, 2.05) is 0 Å². The Hall–Kier alpha value is -0.260. The van der Waals surface area contributed by atoms with Crippen molar-refractivity contribution < 1.29 is 0 Å². The van der Waals surface area contributed by atoms with Gasteiger partial charge in [-0.25, -0.2) is 0 Å². The Morgan fingerprint density at radius 1 is 0.500 bits per heavy atom. The molecule has 16 heavy (non-hydrogen) atoms. The van der Waals surface area contributed by atoms with Crippen molar-refractivity contribution in [2.24, 2.45) is 0 Å². The minimum absolute atomic E-state index is 1.30. The second-order valence-corrected chi connectivity index (χ2v) is 4.88. The van der Waals surface area contributed by atoms with Crippen LogP contribution in [0.4, 0.5) is 0 Å². The van der Waals surface area contributed by atoms with Gasteiger partial charge in [-0.1, -0.05) is 77.4 Å². The molecule has 0 aromatic heterocycles. The van der Waals surface area contributed by atoms with Crippen LogP contribution in [0.1, 0.15) is 90.9 Å². The Labute approximate surface area is 104 Å². The summed E-state index contributed by atoms with van der Waals surface area (Å²) < 4.78 is 0. The van der Waals surface area contributed by atoms with Gasteiger partial charge in [-0.05, 0) is 25.7 Å². The van der Waals surface area contributed by atoms with Crippen molar-refractivity contribution in [2.45, 2.75) is 90.9 Å². The van der Waals surface area contributed by atoms with E-state index in [0.717, 1.165) is 0 Å². The molecular weight excluding hydrogens is 192 g/mol. The van der Waals surface area contributed by atoms with Crippen LogP contribution in [0.3, 0.4) is 0 Å². The van der Waals surface area contributed by atoms with Gasteiger partial charge in [0.2, 0.25) is 0 Å². The second kappa shape index (κ2) is 14.7. The van der Waals surface area contributed by atoms with Gasteiger partial charge in [-0.3, -0.25) is 0 Å². The van der Waals surface area contributed by atoms with Gasteiger partial charge in [-0.15, -0.1) is 0 Å². The number of hydrogen-bond donors (Lipinski definition) is 0. The number of unbranched alkanes of at least 4 members (excludes halogenated alkanes) is 10. The number of allylic oxidation sites excluding steroid dienone is 2. The molecule has 0 nitrogen and oxygen atoms in total. The first kappa shape index (κ1) is 15.7. The summed E-state index contributed by atoms with van der Waals surface area (Å²) in [7, 11) is 0. The van der Waals surface area contributed by atoms with Crippen LogP contribution in [0.5, 0.6) is 0 Å². The zero-order chi connectivity index (χ0) is 11.9. The zero-order valence-electron chi connectivity index (χ0n) is 11.6. The molecular formula is C16H32. The number of hydrogen-bond acceptors (Lipinski definition) is 0. The van der Waals surface area contributed by atoms with Crippen LogP contribution in [0.25, 0.3) is 0 Å². The predicted octanol–water partition coefficient (Wildman–Crippen LogP) is 6.26. The predicted molar refractivity (Wildman–Crippen MR) is 75.9 cm³/mol. The molecule has 0 fully saturated rings. The van der Waals surface area contributed by atoms with Gasteiger partial charge >= 0.3 is 0 Å². The number of rotatable bonds is 12. The molecule has 96 valence electrons. The molecule has 0 atom stereocenters. The SMILES string of the molecule is CCCCCC/C=C\CCCCCCCC. The lowest BCUT2D eigenvalue weighted by molar-refractivity contribution is 0.610. The molecule has 0 heterocycles. The van der Waals surface area contributed by atoms with Crippen molar-refractivity contribution in [3.05, 3.63) is 12.2 Å². The topological polar surface area (TPSA) is 0 Å². The average molecular weight is 224 g/mol. The van der Waals surface area contributed by atoms with E-state index in [-0.39, 0.29) is 0 Å². The van der Waals surface area contributed by atoms with E-state index in [1.165, 1.54) is 77.0 Å². The van der Waals surface area contributed by atoms with Crippen LogP contribution in [0.2, 0.25) is 0 Å². The first-order chi connectivity index (χ1) is 7.91. The Bertz CT molecular complexity index is 135. The minimum atomic E-state index is 1.30. The largest absolute Gasteiger partial charge is 0.0885 e. The highest BCUT2D eigenvalue weighted by molar-refractivity contribution is 4.81. The molecule has 0 N–H and O–H groups in total. The molecule has 0 saturated carbocycles. The third kappa shape index (κ3) is 13.7. The van der Waals surface area contributed by atoms with E-state index in [0.29, 0.717) is 0 Å². The maximum atomic E-state index is 2.39. The third-order valence-electron chi connectivity index (χ3n) is 3.12. The summed E-state index contributed by atoms with van der Waals surface area (Å²) >= 11 is 0. The van der Waals surface area contributed by atoms with Gasteiger partial charge in [0.05, 0.1) is 0 Å². The molecule has 0 aliphatic rings. The standard InChI is InChI=1S/C16H32/c1-3-5-7-9-11-13-15-16-14-12-10-8-6-4-2/h13,15H,3-12,14,16H2,1-2H3/b15-13-. The van der Waals surface area contributed by atoms with Gasteiger partial charge in [0.15, 0.2) is 0 Å². The molecule has 0 unspecified atom stereocenters. The highest BCUT2D eigenvalue weighted by Crippen LogP contribution is 2.08. The fourth-order valence-electron chi connectivity index (χ4n) is 1.97. The van der Waals surface area contributed by atoms with E-state index >= 15 is 0 Å². The van der Waals surface area contributed by atoms with Crippen LogP contribution in [0, 0.1) is 0 Å². The van der Waals surface area contributed by atoms with Gasteiger partial charge in [0, 0.05) is 0 Å². The molecule has 0 aromatic rings. The fourth-order valence-corrected chi connectivity index (χ4v) is 1.97. The first-order valence-corrected chi connectivity index (χ1v) is 7.56. The van der Waals surface area contributed by atoms with Gasteiger partial charge in [-0.2, -0.15) is 0 Å². The van der Waals surface area contributed by atoms with E-state index < -0.39 is 0 Å². The summed E-state index contributed by atoms with van der Waals surface area (Å²) in [6, 6.07) is 0. The van der Waals surface area contributed by atoms with Crippen molar-refractivity contribution in [2.75, 3.05) is 0 Å². The van der Waals surface area contributed by atoms with Crippen molar-refractivity contribution in [1.29, 1.82) is 0 Å². The summed E-state index contributed by atoms with van der Waals surface area (Å²) in [6.07, 6.45) is 21.4. The Morgan fingerprint density at radius 3 is 1.38 bits per heavy atom. The first-order valence-electron chi connectivity index (χ1n) is 7.56. The summed E-state index contributed by atoms with van der Waals surface area (Å²) in [5.41, 5.74) is 0. The molecule has 0 amide bonds. The molecule has 0 aromatic carbocycles. The Morgan fingerprint density at radius 2 is 0.875 bits per heavy atom. The van der Waals surface area contributed by atoms with Crippen molar-refractivity contribution in [1.82, 2.24) is 0 Å². The molecule has 0 saturated heterocycles. The normalized spacial score (nSPS) is 11.4. The van der Waals surface area contributed by atoms with Crippen LogP contribution in [-0.2, 0) is 0 Å². The summed E-state index contributed by atoms with van der Waals surface area (Å²) in [6.45, 7) is 4.55. The minimum Gasteiger partial charge on any atom is -0.0885 e. The quantitative estimate of drug-likeness (QED) is 0.271. The fraction of sp³-hybridized carbons (Fsp3) is 0.875. The lowest BCUT2D eigenvalue weighted by Crippen LogP contribution is -1.78. The van der Waals surface area contributed by atoms with E-state index in [1.54, 1.807) is 0 Å². The summed E-state index contributed by atoms with van der Waals surface area (Å²) in [5.74, 6) is 0. The van der Waals surface area contributed by atoms with E-state index in [4.69, 9.17) is 0 Å². The van der Waals surface area contributed by atoms with Gasteiger partial charge < -0.3 is 0 Å². The molecule has 0 aliphatic heterocycles. The highest BCUT2D eigenvalue weighted by atomic mass is 13.9. The van der Waals surface area contributed by atoms with Crippen molar-refractivity contribution >= 4 is 0 Å². The van der Waals surface area contributed by atoms with Crippen LogP contribution >= 0.6 is 0 Å². The van der Waals surface area contributed by atoms with Crippen molar-refractivity contribution in [3.8, 4) is 0 Å². The van der Waals surface area contributed by atoms with Crippen LogP contribution < -0.4 is 0 Å². The molecule has 0 rings (SSSR count). The lowest BCUT2D eigenvalue weighted by atomic mass is 10.1. The Balaban J connectivity index is 2.98. The molecule has 0 bridgehead atoms. The average Bonchev–Trinajstić information content (AvgIpc) is 2.31. The second-order valence-electron chi connectivity index (χ2n) is 4.88. The lowest BCUT2D eigenvalue weighted by Gasteiger charge is -1.98. The Kier molecular flexibility index (Phi) is 14.5. The maximum absolute atomic E-state index is 2.39. The molecule has 0 radical (unpaired) electrons. The van der Waals surface area contributed by atoms with Crippen molar-refractivity contribution in [3.63, 3.8) is 0 Å². The smallest absolute Gasteiger partial charge is 0.0351 e. The van der Waals surface area contributed by atoms with E-state index in [9.17, 15) is 0 Å². The molecule has 0 spiro atoms. The van der Waals surface area contributed by atoms with E-state index in [2.05, 4.69) is 26.0 Å². The highest BCUT2D eigenvalue weighted by Gasteiger charge is 1.88. The molecule has 0 heteroatoms. The summed E-state index contributed by atoms with van der Waals surface area (Å²) in [5, 5.41) is 0. The van der Waals surface area contributed by atoms with Crippen LogP contribution in [0.15, 0.2) is 12.2 Å². The monoisotopic (exact) mass is 224 g/mol. The third-order valence-corrected chi connectivity index (χ3v) is 3.12. The summed E-state index contributed by atoms with van der Waals surface area (Å²) in [4.78, 5) is 0. The van der Waals surface area contributed by atoms with Crippen LogP contribution in [-0.4, -0.2) is 0 Å². The van der Waals surface area contributed by atoms with Gasteiger partial charge in [0.25, 0.3) is 0 Å². The van der Waals surface area contributed by atoms with Gasteiger partial charge in [0.1, 0.15) is 0 Å². The zero-order valence-corrected chi connectivity index (χ0v) is 11.6. The molecule has 0 aliphatic carbocycles.